The maximum Gasteiger partial charge on any atom is 0.189 e. The molecule has 0 aliphatic carbocycles. The lowest BCUT2D eigenvalue weighted by molar-refractivity contribution is 0.538. The molecule has 2 heterocycles. The van der Waals surface area contributed by atoms with Crippen molar-refractivity contribution in [3.8, 4) is 0 Å². The van der Waals surface area contributed by atoms with Crippen molar-refractivity contribution in [2.75, 3.05) is 12.4 Å². The third kappa shape index (κ3) is 3.04. The fourth-order valence-electron chi connectivity index (χ4n) is 1.51. The second-order valence-electron chi connectivity index (χ2n) is 5.22. The summed E-state index contributed by atoms with van der Waals surface area (Å²) in [5.41, 5.74) is 0.910. The highest BCUT2D eigenvalue weighted by molar-refractivity contribution is 7.99. The SMILES string of the molecule is CNc1nc(C(C)(C)C)nc(Sc2ncn[nH]2)c1C. The van der Waals surface area contributed by atoms with Crippen LogP contribution in [-0.2, 0) is 5.41 Å². The number of rotatable bonds is 3. The molecule has 0 aromatic carbocycles. The van der Waals surface area contributed by atoms with Gasteiger partial charge in [0.05, 0.1) is 0 Å². The highest BCUT2D eigenvalue weighted by atomic mass is 32.2. The van der Waals surface area contributed by atoms with Crippen LogP contribution in [0.25, 0.3) is 0 Å². The molecule has 2 N–H and O–H groups in total. The molecule has 0 bridgehead atoms. The van der Waals surface area contributed by atoms with E-state index in [0.717, 1.165) is 27.4 Å². The number of hydrogen-bond acceptors (Lipinski definition) is 6. The van der Waals surface area contributed by atoms with E-state index in [1.807, 2.05) is 14.0 Å². The molecular formula is C12H18N6S. The van der Waals surface area contributed by atoms with Crippen LogP contribution < -0.4 is 5.32 Å². The van der Waals surface area contributed by atoms with Crippen LogP contribution in [0.1, 0.15) is 32.2 Å². The van der Waals surface area contributed by atoms with Crippen molar-refractivity contribution in [2.24, 2.45) is 0 Å². The van der Waals surface area contributed by atoms with E-state index in [-0.39, 0.29) is 5.41 Å². The van der Waals surface area contributed by atoms with Crippen molar-refractivity contribution >= 4 is 17.6 Å². The summed E-state index contributed by atoms with van der Waals surface area (Å²) in [7, 11) is 1.87. The maximum absolute atomic E-state index is 4.65. The molecule has 0 fully saturated rings. The maximum atomic E-state index is 4.65. The van der Waals surface area contributed by atoms with E-state index in [1.165, 1.54) is 18.1 Å². The molecule has 102 valence electrons. The van der Waals surface area contributed by atoms with E-state index in [1.54, 1.807) is 0 Å². The van der Waals surface area contributed by atoms with E-state index < -0.39 is 0 Å². The predicted molar refractivity (Wildman–Crippen MR) is 75.5 cm³/mol. The zero-order valence-electron chi connectivity index (χ0n) is 11.8. The summed E-state index contributed by atoms with van der Waals surface area (Å²) in [5.74, 6) is 1.66. The molecule has 0 radical (unpaired) electrons. The van der Waals surface area contributed by atoms with Gasteiger partial charge in [-0.15, -0.1) is 0 Å². The van der Waals surface area contributed by atoms with Crippen molar-refractivity contribution < 1.29 is 0 Å². The lowest BCUT2D eigenvalue weighted by Gasteiger charge is -2.19. The minimum Gasteiger partial charge on any atom is -0.373 e. The van der Waals surface area contributed by atoms with Gasteiger partial charge in [-0.2, -0.15) is 5.10 Å². The molecule has 2 aromatic rings. The van der Waals surface area contributed by atoms with Gasteiger partial charge in [-0.05, 0) is 18.7 Å². The lowest BCUT2D eigenvalue weighted by atomic mass is 9.95. The average molecular weight is 278 g/mol. The summed E-state index contributed by atoms with van der Waals surface area (Å²) in [4.78, 5) is 13.3. The fourth-order valence-corrected chi connectivity index (χ4v) is 2.27. The molecule has 0 unspecified atom stereocenters. The number of aromatic amines is 1. The van der Waals surface area contributed by atoms with Gasteiger partial charge in [0.15, 0.2) is 5.16 Å². The standard InChI is InChI=1S/C12H18N6S/c1-7-8(13-5)16-10(12(2,3)4)17-9(7)19-11-14-6-15-18-11/h6H,1-5H3,(H,13,16,17)(H,14,15,18). The van der Waals surface area contributed by atoms with Gasteiger partial charge in [0, 0.05) is 18.0 Å². The Bertz CT molecular complexity index is 558. The monoisotopic (exact) mass is 278 g/mol. The molecule has 0 aliphatic heterocycles. The Hall–Kier alpha value is -1.63. The molecule has 0 amide bonds. The molecule has 7 heteroatoms. The Labute approximate surface area is 116 Å². The summed E-state index contributed by atoms with van der Waals surface area (Å²) >= 11 is 1.46. The summed E-state index contributed by atoms with van der Waals surface area (Å²) in [6.07, 6.45) is 1.49. The van der Waals surface area contributed by atoms with Crippen molar-refractivity contribution in [3.63, 3.8) is 0 Å². The van der Waals surface area contributed by atoms with Crippen LogP contribution in [0.15, 0.2) is 16.5 Å². The van der Waals surface area contributed by atoms with Crippen LogP contribution in [0, 0.1) is 6.92 Å². The normalized spacial score (nSPS) is 11.6. The van der Waals surface area contributed by atoms with Gasteiger partial charge < -0.3 is 5.32 Å². The molecule has 0 saturated heterocycles. The van der Waals surface area contributed by atoms with Gasteiger partial charge in [-0.25, -0.2) is 15.0 Å². The minimum atomic E-state index is -0.101. The predicted octanol–water partition coefficient (Wildman–Crippen LogP) is 2.39. The van der Waals surface area contributed by atoms with Gasteiger partial charge in [0.2, 0.25) is 0 Å². The van der Waals surface area contributed by atoms with Crippen LogP contribution in [0.3, 0.4) is 0 Å². The molecule has 0 atom stereocenters. The number of anilines is 1. The summed E-state index contributed by atoms with van der Waals surface area (Å²) in [6.45, 7) is 8.29. The molecule has 19 heavy (non-hydrogen) atoms. The van der Waals surface area contributed by atoms with E-state index in [0.29, 0.717) is 0 Å². The largest absolute Gasteiger partial charge is 0.373 e. The van der Waals surface area contributed by atoms with Gasteiger partial charge >= 0.3 is 0 Å². The second-order valence-corrected chi connectivity index (χ2v) is 6.20. The zero-order chi connectivity index (χ0) is 14.0. The van der Waals surface area contributed by atoms with Gasteiger partial charge in [0.25, 0.3) is 0 Å². The third-order valence-electron chi connectivity index (χ3n) is 2.60. The van der Waals surface area contributed by atoms with E-state index in [4.69, 9.17) is 0 Å². The molecule has 0 saturated carbocycles. The Morgan fingerprint density at radius 1 is 1.26 bits per heavy atom. The Balaban J connectivity index is 2.46. The van der Waals surface area contributed by atoms with Crippen LogP contribution >= 0.6 is 11.8 Å². The molecular weight excluding hydrogens is 260 g/mol. The van der Waals surface area contributed by atoms with Crippen molar-refractivity contribution in [3.05, 3.63) is 17.7 Å². The van der Waals surface area contributed by atoms with Gasteiger partial charge in [0.1, 0.15) is 23.0 Å². The number of aromatic nitrogens is 5. The lowest BCUT2D eigenvalue weighted by Crippen LogP contribution is -2.18. The molecule has 0 aliphatic rings. The zero-order valence-corrected chi connectivity index (χ0v) is 12.6. The highest BCUT2D eigenvalue weighted by Gasteiger charge is 2.21. The molecule has 2 rings (SSSR count). The number of nitrogens with zero attached hydrogens (tertiary/aromatic N) is 4. The second kappa shape index (κ2) is 5.16. The third-order valence-corrected chi connectivity index (χ3v) is 3.58. The van der Waals surface area contributed by atoms with Gasteiger partial charge in [-0.1, -0.05) is 20.8 Å². The molecule has 2 aromatic heterocycles. The first kappa shape index (κ1) is 13.8. The van der Waals surface area contributed by atoms with Crippen molar-refractivity contribution in [1.29, 1.82) is 0 Å². The first-order valence-electron chi connectivity index (χ1n) is 6.02. The molecule has 0 spiro atoms. The van der Waals surface area contributed by atoms with Crippen LogP contribution in [0.5, 0.6) is 0 Å². The Kier molecular flexibility index (Phi) is 3.75. The van der Waals surface area contributed by atoms with Gasteiger partial charge in [-0.3, -0.25) is 5.10 Å². The van der Waals surface area contributed by atoms with Crippen LogP contribution in [0.2, 0.25) is 0 Å². The molecule has 6 nitrogen and oxygen atoms in total. The highest BCUT2D eigenvalue weighted by Crippen LogP contribution is 2.31. The first-order chi connectivity index (χ1) is 8.91. The summed E-state index contributed by atoms with van der Waals surface area (Å²) < 4.78 is 0. The quantitative estimate of drug-likeness (QED) is 0.839. The fraction of sp³-hybridized carbons (Fsp3) is 0.500. The number of hydrogen-bond donors (Lipinski definition) is 2. The smallest absolute Gasteiger partial charge is 0.189 e. The number of nitrogens with one attached hydrogen (secondary N) is 2. The Morgan fingerprint density at radius 3 is 2.53 bits per heavy atom. The van der Waals surface area contributed by atoms with Crippen LogP contribution in [0.4, 0.5) is 5.82 Å². The van der Waals surface area contributed by atoms with Crippen molar-refractivity contribution in [2.45, 2.75) is 43.3 Å². The summed E-state index contributed by atoms with van der Waals surface area (Å²) in [6, 6.07) is 0. The minimum absolute atomic E-state index is 0.101. The average Bonchev–Trinajstić information content (AvgIpc) is 2.83. The van der Waals surface area contributed by atoms with E-state index in [9.17, 15) is 0 Å². The topological polar surface area (TPSA) is 79.4 Å². The first-order valence-corrected chi connectivity index (χ1v) is 6.83. The summed E-state index contributed by atoms with van der Waals surface area (Å²) in [5, 5.41) is 11.4. The van der Waals surface area contributed by atoms with E-state index >= 15 is 0 Å². The Morgan fingerprint density at radius 2 is 2.00 bits per heavy atom. The number of H-pyrrole nitrogens is 1. The van der Waals surface area contributed by atoms with Crippen LogP contribution in [-0.4, -0.2) is 32.2 Å². The van der Waals surface area contributed by atoms with E-state index in [2.05, 4.69) is 51.2 Å². The van der Waals surface area contributed by atoms with Crippen molar-refractivity contribution in [1.82, 2.24) is 25.1 Å².